The minimum absolute atomic E-state index is 0.0362. The zero-order valence-electron chi connectivity index (χ0n) is 37.2. The summed E-state index contributed by atoms with van der Waals surface area (Å²) >= 11 is 1.59. The van der Waals surface area contributed by atoms with Crippen LogP contribution in [0.4, 0.5) is 11.5 Å². The predicted molar refractivity (Wildman–Crippen MR) is 246 cm³/mol. The third kappa shape index (κ3) is 9.40. The van der Waals surface area contributed by atoms with Gasteiger partial charge in [0.2, 0.25) is 11.8 Å². The molecule has 0 spiro atoms. The molecule has 3 saturated heterocycles. The highest BCUT2D eigenvalue weighted by Crippen LogP contribution is 2.37. The number of aromatic hydroxyl groups is 1. The minimum atomic E-state index is -0.842. The first-order chi connectivity index (χ1) is 31.4. The van der Waals surface area contributed by atoms with Crippen molar-refractivity contribution in [2.75, 3.05) is 69.2 Å². The molecule has 5 N–H and O–H groups in total. The van der Waals surface area contributed by atoms with Crippen LogP contribution in [0.25, 0.3) is 21.7 Å². The Labute approximate surface area is 382 Å². The van der Waals surface area contributed by atoms with Crippen LogP contribution in [0.1, 0.15) is 62.6 Å². The number of thiazole rings is 1. The zero-order chi connectivity index (χ0) is 45.4. The fraction of sp³-hybridized carbons (Fsp3) is 0.489. The number of carbonyl (C=O) groups excluding carboxylic acids is 2. The normalized spacial score (nSPS) is 23.4. The van der Waals surface area contributed by atoms with Gasteiger partial charge in [-0.15, -0.1) is 21.5 Å². The molecule has 5 aromatic rings. The number of likely N-dealkylation sites (tertiary alicyclic amines) is 2. The first-order valence-corrected chi connectivity index (χ1v) is 23.5. The van der Waals surface area contributed by atoms with Gasteiger partial charge in [0.05, 0.1) is 51.8 Å². The number of phenolic OH excluding ortho intramolecular Hbond substituents is 1. The van der Waals surface area contributed by atoms with Crippen LogP contribution in [0.2, 0.25) is 0 Å². The summed E-state index contributed by atoms with van der Waals surface area (Å²) in [7, 11) is 0. The summed E-state index contributed by atoms with van der Waals surface area (Å²) in [6.45, 7) is 13.1. The number of hydrogen-bond acceptors (Lipinski definition) is 16. The highest BCUT2D eigenvalue weighted by molar-refractivity contribution is 7.13. The Kier molecular flexibility index (Phi) is 13.1. The van der Waals surface area contributed by atoms with E-state index in [2.05, 4.69) is 45.7 Å². The molecule has 3 aromatic heterocycles. The lowest BCUT2D eigenvalue weighted by Crippen LogP contribution is -2.63. The van der Waals surface area contributed by atoms with E-state index in [1.54, 1.807) is 29.5 Å². The Morgan fingerprint density at radius 2 is 1.83 bits per heavy atom. The predicted octanol–water partition coefficient (Wildman–Crippen LogP) is 4.28. The number of nitrogens with zero attached hydrogens (tertiary/aromatic N) is 8. The summed E-state index contributed by atoms with van der Waals surface area (Å²) in [5.74, 6) is -0.0779. The molecule has 9 rings (SSSR count). The number of β-amino-alcohol motifs (C(OH)–C–C–N with tert-alkyl or cyclic N) is 2. The number of nitrogens with one attached hydrogen (secondary N) is 2. The molecule has 2 unspecified atom stereocenters. The first-order valence-electron chi connectivity index (χ1n) is 22.6. The van der Waals surface area contributed by atoms with E-state index in [0.717, 1.165) is 72.3 Å². The van der Waals surface area contributed by atoms with Crippen LogP contribution in [0.15, 0.2) is 70.7 Å². The SMILES string of the molecule is Cc1ncsc1-c1ccc([C@H](C)NC(=O)[C@@H]2C[C@@H](O)CN2C(=O)[C@@H](c2cc(OCCN3CCC(N4CCN5c6cc(-c7ccccc7O)nnc6NC[C@H]5C4)C(O)C3)no2)C(C)C)cc1. The second-order valence-electron chi connectivity index (χ2n) is 18.1. The van der Waals surface area contributed by atoms with Crippen molar-refractivity contribution in [2.45, 2.75) is 82.8 Å². The second-order valence-corrected chi connectivity index (χ2v) is 18.9. The van der Waals surface area contributed by atoms with Crippen molar-refractivity contribution < 1.29 is 34.2 Å². The van der Waals surface area contributed by atoms with Crippen LogP contribution in [0.3, 0.4) is 0 Å². The number of carbonyl (C=O) groups is 2. The number of amides is 2. The average molecular weight is 907 g/mol. The van der Waals surface area contributed by atoms with Gasteiger partial charge in [0.1, 0.15) is 24.3 Å². The molecule has 344 valence electrons. The van der Waals surface area contributed by atoms with E-state index < -0.39 is 24.2 Å². The molecule has 0 saturated carbocycles. The van der Waals surface area contributed by atoms with E-state index >= 15 is 0 Å². The maximum absolute atomic E-state index is 14.2. The summed E-state index contributed by atoms with van der Waals surface area (Å²) in [6.07, 6.45) is -0.412. The third-order valence-corrected chi connectivity index (χ3v) is 14.4. The quantitative estimate of drug-likeness (QED) is 0.112. The molecule has 3 fully saturated rings. The number of rotatable bonds is 13. The lowest BCUT2D eigenvalue weighted by molar-refractivity contribution is -0.141. The largest absolute Gasteiger partial charge is 0.507 e. The zero-order valence-corrected chi connectivity index (χ0v) is 38.0. The molecule has 0 bridgehead atoms. The van der Waals surface area contributed by atoms with Crippen LogP contribution < -0.4 is 20.3 Å². The molecule has 65 heavy (non-hydrogen) atoms. The van der Waals surface area contributed by atoms with E-state index in [-0.39, 0.29) is 60.5 Å². The molecule has 18 heteroatoms. The number of para-hydroxylation sites is 1. The average Bonchev–Trinajstić information content (AvgIpc) is 4.06. The van der Waals surface area contributed by atoms with Crippen molar-refractivity contribution in [1.29, 1.82) is 0 Å². The van der Waals surface area contributed by atoms with Crippen LogP contribution >= 0.6 is 11.3 Å². The van der Waals surface area contributed by atoms with Crippen LogP contribution in [0, 0.1) is 12.8 Å². The Morgan fingerprint density at radius 1 is 1.02 bits per heavy atom. The van der Waals surface area contributed by atoms with Gasteiger partial charge in [-0.3, -0.25) is 19.4 Å². The van der Waals surface area contributed by atoms with E-state index in [9.17, 15) is 24.9 Å². The molecule has 2 aromatic carbocycles. The number of anilines is 2. The maximum Gasteiger partial charge on any atom is 0.254 e. The number of piperidine rings is 1. The summed E-state index contributed by atoms with van der Waals surface area (Å²) in [6, 6.07) is 17.9. The Morgan fingerprint density at radius 3 is 2.58 bits per heavy atom. The fourth-order valence-corrected chi connectivity index (χ4v) is 10.7. The number of aromatic nitrogens is 4. The number of benzene rings is 2. The molecule has 4 aliphatic heterocycles. The van der Waals surface area contributed by atoms with Crippen LogP contribution in [-0.2, 0) is 9.59 Å². The lowest BCUT2D eigenvalue weighted by Gasteiger charge is -2.50. The first kappa shape index (κ1) is 44.5. The Bertz CT molecular complexity index is 2460. The fourth-order valence-electron chi connectivity index (χ4n) is 9.93. The molecule has 4 aliphatic rings. The van der Waals surface area contributed by atoms with Gasteiger partial charge in [0, 0.05) is 69.9 Å². The van der Waals surface area contributed by atoms with Gasteiger partial charge in [0.15, 0.2) is 11.6 Å². The van der Waals surface area contributed by atoms with Gasteiger partial charge in [-0.25, -0.2) is 4.98 Å². The van der Waals surface area contributed by atoms with Crippen molar-refractivity contribution in [3.8, 4) is 33.3 Å². The van der Waals surface area contributed by atoms with Crippen molar-refractivity contribution in [1.82, 2.24) is 40.4 Å². The molecule has 2 amide bonds. The molecule has 7 atom stereocenters. The Hall–Kier alpha value is -5.66. The number of aryl methyl sites for hydroxylation is 1. The summed E-state index contributed by atoms with van der Waals surface area (Å²) in [5, 5.41) is 52.0. The van der Waals surface area contributed by atoms with Crippen molar-refractivity contribution >= 4 is 34.7 Å². The van der Waals surface area contributed by atoms with Crippen LogP contribution in [-0.4, -0.2) is 151 Å². The molecular formula is C47H58N10O7S. The number of hydrogen-bond donors (Lipinski definition) is 5. The van der Waals surface area contributed by atoms with Crippen molar-refractivity contribution in [3.63, 3.8) is 0 Å². The lowest BCUT2D eigenvalue weighted by atomic mass is 9.91. The summed E-state index contributed by atoms with van der Waals surface area (Å²) < 4.78 is 11.7. The number of phenols is 1. The number of aliphatic hydroxyl groups excluding tert-OH is 2. The van der Waals surface area contributed by atoms with E-state index in [1.165, 1.54) is 4.90 Å². The highest BCUT2D eigenvalue weighted by Gasteiger charge is 2.44. The molecule has 17 nitrogen and oxygen atoms in total. The second kappa shape index (κ2) is 19.1. The van der Waals surface area contributed by atoms with E-state index in [0.29, 0.717) is 36.7 Å². The standard InChI is InChI=1S/C47H58N10O7S/c1-27(2)43(47(62)57-24-33(58)19-38(57)46(61)50-28(3)30-9-11-31(12-10-30)44-29(4)49-26-65-44)41-21-42(53-64-41)63-18-17-54-14-13-36(40(60)25-54)55-15-16-56-32(23-55)22-48-45-37(56)20-35(51-52-45)34-7-5-6-8-39(34)59/h5-12,20-21,26-28,32-33,36,38,40,43,58-60H,13-19,22-25H2,1-4H3,(H,48,52)(H,50,61)/t28-,32-,33+,36?,38-,40?,43+/m0/s1. The van der Waals surface area contributed by atoms with E-state index in [1.807, 2.05) is 75.7 Å². The third-order valence-electron chi connectivity index (χ3n) is 13.4. The highest BCUT2D eigenvalue weighted by atomic mass is 32.1. The minimum Gasteiger partial charge on any atom is -0.507 e. The maximum atomic E-state index is 14.2. The molecule has 0 radical (unpaired) electrons. The van der Waals surface area contributed by atoms with Gasteiger partial charge < -0.3 is 45.0 Å². The van der Waals surface area contributed by atoms with Gasteiger partial charge in [-0.2, -0.15) is 0 Å². The number of ether oxygens (including phenoxy) is 1. The van der Waals surface area contributed by atoms with Crippen LogP contribution in [0.5, 0.6) is 11.6 Å². The molecular weight excluding hydrogens is 849 g/mol. The Balaban J connectivity index is 0.753. The number of fused-ring (bicyclic) bond motifs is 3. The van der Waals surface area contributed by atoms with Gasteiger partial charge in [0.25, 0.3) is 5.88 Å². The van der Waals surface area contributed by atoms with E-state index in [4.69, 9.17) is 9.26 Å². The van der Waals surface area contributed by atoms with Gasteiger partial charge in [-0.05, 0) is 67.2 Å². The number of aliphatic hydroxyl groups is 2. The summed E-state index contributed by atoms with van der Waals surface area (Å²) in [5.41, 5.74) is 7.03. The number of piperazine rings is 1. The summed E-state index contributed by atoms with van der Waals surface area (Å²) in [4.78, 5) is 41.8. The smallest absolute Gasteiger partial charge is 0.254 e. The molecule has 7 heterocycles. The molecule has 0 aliphatic carbocycles. The van der Waals surface area contributed by atoms with Crippen molar-refractivity contribution in [2.24, 2.45) is 5.92 Å². The topological polar surface area (TPSA) is 206 Å². The van der Waals surface area contributed by atoms with Crippen molar-refractivity contribution in [3.05, 3.63) is 83.2 Å². The van der Waals surface area contributed by atoms with Gasteiger partial charge in [-0.1, -0.05) is 50.2 Å². The van der Waals surface area contributed by atoms with Gasteiger partial charge >= 0.3 is 0 Å². The monoisotopic (exact) mass is 906 g/mol.